The predicted octanol–water partition coefficient (Wildman–Crippen LogP) is 3.18. The number of nitrogens with zero attached hydrogens (tertiary/aromatic N) is 1. The summed E-state index contributed by atoms with van der Waals surface area (Å²) in [6, 6.07) is 7.69. The highest BCUT2D eigenvalue weighted by atomic mass is 32.2. The van der Waals surface area contributed by atoms with Gasteiger partial charge in [0.2, 0.25) is 5.91 Å². The molecule has 2 aromatic rings. The third-order valence-corrected chi connectivity index (χ3v) is 5.15. The van der Waals surface area contributed by atoms with Gasteiger partial charge in [-0.3, -0.25) is 4.79 Å². The van der Waals surface area contributed by atoms with Gasteiger partial charge in [-0.25, -0.2) is 4.98 Å². The van der Waals surface area contributed by atoms with Gasteiger partial charge in [0.05, 0.1) is 10.8 Å². The molecule has 1 aliphatic rings. The molecule has 0 saturated carbocycles. The molecule has 1 N–H and O–H groups in total. The molecule has 1 aromatic heterocycles. The number of thioether (sulfide) groups is 1. The van der Waals surface area contributed by atoms with Crippen LogP contribution in [0, 0.1) is 5.41 Å². The Hall–Kier alpha value is -1.49. The van der Waals surface area contributed by atoms with Crippen molar-refractivity contribution < 1.29 is 9.21 Å². The number of rotatable bonds is 4. The van der Waals surface area contributed by atoms with E-state index < -0.39 is 0 Å². The van der Waals surface area contributed by atoms with Crippen LogP contribution in [-0.2, 0) is 4.79 Å². The maximum Gasteiger partial charge on any atom is 0.258 e. The lowest BCUT2D eigenvalue weighted by molar-refractivity contribution is -0.142. The first kappa shape index (κ1) is 12.5. The van der Waals surface area contributed by atoms with Crippen LogP contribution in [0.4, 0.5) is 0 Å². The van der Waals surface area contributed by atoms with E-state index in [0.29, 0.717) is 5.22 Å². The molecule has 1 amide bonds. The zero-order valence-corrected chi connectivity index (χ0v) is 11.8. The van der Waals surface area contributed by atoms with E-state index in [1.807, 2.05) is 24.3 Å². The first-order valence-corrected chi connectivity index (χ1v) is 7.41. The molecule has 1 fully saturated rings. The number of carbonyl (C=O) groups is 1. The Morgan fingerprint density at radius 2 is 2.11 bits per heavy atom. The Morgan fingerprint density at radius 1 is 1.37 bits per heavy atom. The Morgan fingerprint density at radius 3 is 2.74 bits per heavy atom. The Bertz CT molecular complexity index is 586. The van der Waals surface area contributed by atoms with Gasteiger partial charge in [-0.05, 0) is 36.7 Å². The van der Waals surface area contributed by atoms with Gasteiger partial charge in [0.1, 0.15) is 5.52 Å². The van der Waals surface area contributed by atoms with Crippen molar-refractivity contribution in [1.29, 1.82) is 0 Å². The average Bonchev–Trinajstić information content (AvgIpc) is 2.82. The summed E-state index contributed by atoms with van der Waals surface area (Å²) in [5.74, 6) is 0.145. The van der Waals surface area contributed by atoms with E-state index in [1.54, 1.807) is 0 Å². The van der Waals surface area contributed by atoms with E-state index in [1.165, 1.54) is 11.8 Å². The van der Waals surface area contributed by atoms with E-state index in [-0.39, 0.29) is 16.7 Å². The van der Waals surface area contributed by atoms with Crippen LogP contribution in [-0.4, -0.2) is 16.3 Å². The molecule has 0 bridgehead atoms. The SMILES string of the molecule is CCC1(CC)C(=O)NC1Sc1nc2ccccc2o1. The molecule has 3 rings (SSSR count). The van der Waals surface area contributed by atoms with Crippen molar-refractivity contribution in [1.82, 2.24) is 10.3 Å². The van der Waals surface area contributed by atoms with E-state index in [9.17, 15) is 4.79 Å². The second kappa shape index (κ2) is 4.56. The van der Waals surface area contributed by atoms with Crippen LogP contribution in [0.15, 0.2) is 33.9 Å². The molecule has 2 heterocycles. The highest BCUT2D eigenvalue weighted by Crippen LogP contribution is 2.45. The van der Waals surface area contributed by atoms with Crippen molar-refractivity contribution >= 4 is 28.8 Å². The van der Waals surface area contributed by atoms with Crippen LogP contribution >= 0.6 is 11.8 Å². The number of amides is 1. The highest BCUT2D eigenvalue weighted by Gasteiger charge is 2.53. The zero-order chi connectivity index (χ0) is 13.5. The fourth-order valence-corrected chi connectivity index (χ4v) is 3.85. The molecule has 0 radical (unpaired) electrons. The Kier molecular flexibility index (Phi) is 3.01. The maximum atomic E-state index is 11.8. The van der Waals surface area contributed by atoms with Crippen LogP contribution in [0.3, 0.4) is 0 Å². The molecule has 5 heteroatoms. The van der Waals surface area contributed by atoms with Crippen molar-refractivity contribution in [2.45, 2.75) is 37.3 Å². The van der Waals surface area contributed by atoms with Crippen molar-refractivity contribution in [3.05, 3.63) is 24.3 Å². The van der Waals surface area contributed by atoms with Gasteiger partial charge >= 0.3 is 0 Å². The largest absolute Gasteiger partial charge is 0.431 e. The minimum atomic E-state index is -0.272. The number of aromatic nitrogens is 1. The van der Waals surface area contributed by atoms with Gasteiger partial charge in [0.15, 0.2) is 5.58 Å². The summed E-state index contributed by atoms with van der Waals surface area (Å²) in [6.07, 6.45) is 1.68. The number of β-lactam (4-membered cyclic amide) rings is 1. The van der Waals surface area contributed by atoms with Gasteiger partial charge in [0, 0.05) is 0 Å². The average molecular weight is 276 g/mol. The fraction of sp³-hybridized carbons (Fsp3) is 0.429. The van der Waals surface area contributed by atoms with E-state index in [2.05, 4.69) is 24.1 Å². The summed E-state index contributed by atoms with van der Waals surface area (Å²) in [6.45, 7) is 4.11. The molecule has 19 heavy (non-hydrogen) atoms. The molecule has 1 aliphatic heterocycles. The van der Waals surface area contributed by atoms with Crippen LogP contribution in [0.2, 0.25) is 0 Å². The van der Waals surface area contributed by atoms with E-state index in [4.69, 9.17) is 4.42 Å². The van der Waals surface area contributed by atoms with Crippen LogP contribution < -0.4 is 5.32 Å². The van der Waals surface area contributed by atoms with E-state index >= 15 is 0 Å². The molecule has 100 valence electrons. The van der Waals surface area contributed by atoms with Crippen LogP contribution in [0.25, 0.3) is 11.1 Å². The smallest absolute Gasteiger partial charge is 0.258 e. The number of benzene rings is 1. The summed E-state index contributed by atoms with van der Waals surface area (Å²) in [7, 11) is 0. The van der Waals surface area contributed by atoms with Crippen molar-refractivity contribution in [2.24, 2.45) is 5.41 Å². The Labute approximate surface area is 116 Å². The van der Waals surface area contributed by atoms with Gasteiger partial charge in [0.25, 0.3) is 5.22 Å². The first-order chi connectivity index (χ1) is 9.19. The van der Waals surface area contributed by atoms with Gasteiger partial charge in [-0.15, -0.1) is 0 Å². The van der Waals surface area contributed by atoms with Crippen LogP contribution in [0.1, 0.15) is 26.7 Å². The molecule has 1 unspecified atom stereocenters. The third kappa shape index (κ3) is 1.84. The number of hydrogen-bond acceptors (Lipinski definition) is 4. The quantitative estimate of drug-likeness (QED) is 0.871. The predicted molar refractivity (Wildman–Crippen MR) is 74.8 cm³/mol. The molecule has 1 aromatic carbocycles. The standard InChI is InChI=1S/C14H16N2O2S/c1-3-14(4-2)11(17)16-12(14)19-13-15-9-7-5-6-8-10(9)18-13/h5-8,12H,3-4H2,1-2H3,(H,16,17). The molecule has 4 nitrogen and oxygen atoms in total. The lowest BCUT2D eigenvalue weighted by Gasteiger charge is -2.46. The molecule has 0 aliphatic carbocycles. The summed E-state index contributed by atoms with van der Waals surface area (Å²) in [5, 5.41) is 3.63. The highest BCUT2D eigenvalue weighted by molar-refractivity contribution is 7.99. The fourth-order valence-electron chi connectivity index (χ4n) is 2.53. The minimum absolute atomic E-state index is 0.0584. The lowest BCUT2D eigenvalue weighted by atomic mass is 9.75. The number of oxazole rings is 1. The molecule has 1 saturated heterocycles. The summed E-state index contributed by atoms with van der Waals surface area (Å²) in [4.78, 5) is 16.3. The summed E-state index contributed by atoms with van der Waals surface area (Å²) >= 11 is 1.51. The normalized spacial score (nSPS) is 21.2. The van der Waals surface area contributed by atoms with Gasteiger partial charge < -0.3 is 9.73 Å². The number of nitrogens with one attached hydrogen (secondary N) is 1. The number of fused-ring (bicyclic) bond motifs is 1. The number of carbonyl (C=O) groups excluding carboxylic acids is 1. The molecule has 1 atom stereocenters. The van der Waals surface area contributed by atoms with Gasteiger partial charge in [-0.1, -0.05) is 26.0 Å². The van der Waals surface area contributed by atoms with Crippen molar-refractivity contribution in [2.75, 3.05) is 0 Å². The van der Waals surface area contributed by atoms with Crippen molar-refractivity contribution in [3.8, 4) is 0 Å². The lowest BCUT2D eigenvalue weighted by Crippen LogP contribution is -2.65. The monoisotopic (exact) mass is 276 g/mol. The summed E-state index contributed by atoms with van der Waals surface area (Å²) in [5.41, 5.74) is 1.37. The minimum Gasteiger partial charge on any atom is -0.431 e. The molecular formula is C14H16N2O2S. The molecular weight excluding hydrogens is 260 g/mol. The first-order valence-electron chi connectivity index (χ1n) is 6.53. The molecule has 0 spiro atoms. The van der Waals surface area contributed by atoms with Crippen molar-refractivity contribution in [3.63, 3.8) is 0 Å². The maximum absolute atomic E-state index is 11.8. The number of hydrogen-bond donors (Lipinski definition) is 1. The third-order valence-electron chi connectivity index (χ3n) is 3.97. The zero-order valence-electron chi connectivity index (χ0n) is 11.0. The second-order valence-electron chi connectivity index (χ2n) is 4.78. The second-order valence-corrected chi connectivity index (χ2v) is 5.84. The van der Waals surface area contributed by atoms with E-state index in [0.717, 1.165) is 23.9 Å². The summed E-state index contributed by atoms with van der Waals surface area (Å²) < 4.78 is 5.69. The topological polar surface area (TPSA) is 55.1 Å². The van der Waals surface area contributed by atoms with Gasteiger partial charge in [-0.2, -0.15) is 0 Å². The number of para-hydroxylation sites is 2. The van der Waals surface area contributed by atoms with Crippen LogP contribution in [0.5, 0.6) is 0 Å². The Balaban J connectivity index is 1.83.